The lowest BCUT2D eigenvalue weighted by Gasteiger charge is -2.08. The molecule has 128 valence electrons. The first kappa shape index (κ1) is 17.0. The average molecular weight is 357 g/mol. The van der Waals surface area contributed by atoms with E-state index < -0.39 is 0 Å². The van der Waals surface area contributed by atoms with Crippen molar-refractivity contribution in [1.82, 2.24) is 9.38 Å². The van der Waals surface area contributed by atoms with E-state index in [1.807, 2.05) is 25.1 Å². The van der Waals surface area contributed by atoms with Crippen LogP contribution in [0.4, 0.5) is 0 Å². The zero-order chi connectivity index (χ0) is 18.0. The number of ether oxygens (including phenoxy) is 2. The molecule has 0 N–H and O–H groups in total. The van der Waals surface area contributed by atoms with Crippen LogP contribution in [0.25, 0.3) is 16.8 Å². The maximum absolute atomic E-state index is 12.4. The Labute approximate surface area is 150 Å². The topological polar surface area (TPSA) is 52.8 Å². The molecule has 0 spiro atoms. The monoisotopic (exact) mass is 356 g/mol. The number of aryl methyl sites for hydroxylation is 1. The normalized spacial score (nSPS) is 11.6. The summed E-state index contributed by atoms with van der Waals surface area (Å²) in [6, 6.07) is 12.4. The first-order chi connectivity index (χ1) is 12.0. The zero-order valence-electron chi connectivity index (χ0n) is 14.1. The third kappa shape index (κ3) is 3.37. The Hall–Kier alpha value is -2.79. The van der Waals surface area contributed by atoms with E-state index in [2.05, 4.69) is 4.98 Å². The summed E-state index contributed by atoms with van der Waals surface area (Å²) < 4.78 is 12.1. The minimum absolute atomic E-state index is 0.169. The second kappa shape index (κ2) is 6.99. The van der Waals surface area contributed by atoms with E-state index in [-0.39, 0.29) is 5.56 Å². The smallest absolute Gasteiger partial charge is 0.258 e. The van der Waals surface area contributed by atoms with Gasteiger partial charge in [0.2, 0.25) is 0 Å². The highest BCUT2D eigenvalue weighted by atomic mass is 35.5. The molecule has 0 radical (unpaired) electrons. The minimum atomic E-state index is -0.169. The van der Waals surface area contributed by atoms with E-state index in [1.54, 1.807) is 42.9 Å². The predicted octanol–water partition coefficient (Wildman–Crippen LogP) is 3.76. The van der Waals surface area contributed by atoms with E-state index in [9.17, 15) is 4.79 Å². The van der Waals surface area contributed by atoms with Crippen molar-refractivity contribution in [2.45, 2.75) is 6.92 Å². The van der Waals surface area contributed by atoms with E-state index in [0.717, 1.165) is 11.3 Å². The van der Waals surface area contributed by atoms with Crippen LogP contribution in [-0.2, 0) is 0 Å². The fourth-order valence-electron chi connectivity index (χ4n) is 2.60. The molecule has 2 heterocycles. The molecule has 1 aromatic carbocycles. The summed E-state index contributed by atoms with van der Waals surface area (Å²) in [7, 11) is 3.15. The van der Waals surface area contributed by atoms with Crippen LogP contribution in [0.1, 0.15) is 17.0 Å². The SMILES string of the molecule is COc1ccc(/C=C(\Cl)c2cc(=O)n3c(C)cccc3n2)cc1OC. The van der Waals surface area contributed by atoms with Gasteiger partial charge in [0.15, 0.2) is 11.5 Å². The van der Waals surface area contributed by atoms with Gasteiger partial charge in [-0.2, -0.15) is 0 Å². The van der Waals surface area contributed by atoms with Crippen molar-refractivity contribution >= 4 is 28.4 Å². The maximum Gasteiger partial charge on any atom is 0.258 e. The molecule has 25 heavy (non-hydrogen) atoms. The van der Waals surface area contributed by atoms with Crippen molar-refractivity contribution in [3.05, 3.63) is 69.8 Å². The number of aromatic nitrogens is 2. The summed E-state index contributed by atoms with van der Waals surface area (Å²) in [4.78, 5) is 16.8. The summed E-state index contributed by atoms with van der Waals surface area (Å²) >= 11 is 6.40. The Morgan fingerprint density at radius 1 is 1.12 bits per heavy atom. The van der Waals surface area contributed by atoms with Gasteiger partial charge in [-0.15, -0.1) is 0 Å². The van der Waals surface area contributed by atoms with Crippen molar-refractivity contribution in [2.75, 3.05) is 14.2 Å². The number of benzene rings is 1. The Morgan fingerprint density at radius 2 is 1.88 bits per heavy atom. The molecule has 2 aromatic heterocycles. The molecule has 3 aromatic rings. The Bertz CT molecular complexity index is 1020. The van der Waals surface area contributed by atoms with Gasteiger partial charge in [0.1, 0.15) is 5.65 Å². The fourth-order valence-corrected chi connectivity index (χ4v) is 2.82. The Morgan fingerprint density at radius 3 is 2.60 bits per heavy atom. The molecule has 0 aliphatic rings. The van der Waals surface area contributed by atoms with Crippen LogP contribution in [0, 0.1) is 6.92 Å². The van der Waals surface area contributed by atoms with E-state index in [0.29, 0.717) is 27.9 Å². The third-order valence-electron chi connectivity index (χ3n) is 3.83. The van der Waals surface area contributed by atoms with Gasteiger partial charge in [-0.1, -0.05) is 23.7 Å². The van der Waals surface area contributed by atoms with Crippen LogP contribution in [0.3, 0.4) is 0 Å². The van der Waals surface area contributed by atoms with Gasteiger partial charge in [0, 0.05) is 11.8 Å². The summed E-state index contributed by atoms with van der Waals surface area (Å²) in [5.41, 5.74) is 2.45. The number of halogens is 1. The van der Waals surface area contributed by atoms with Crippen LogP contribution in [0.2, 0.25) is 0 Å². The van der Waals surface area contributed by atoms with Crippen LogP contribution in [0.5, 0.6) is 11.5 Å². The van der Waals surface area contributed by atoms with Crippen LogP contribution >= 0.6 is 11.6 Å². The molecule has 0 bridgehead atoms. The quantitative estimate of drug-likeness (QED) is 0.714. The molecular weight excluding hydrogens is 340 g/mol. The summed E-state index contributed by atoms with van der Waals surface area (Å²) in [5, 5.41) is 0.369. The van der Waals surface area contributed by atoms with Crippen LogP contribution < -0.4 is 15.0 Å². The molecule has 0 saturated carbocycles. The molecule has 0 atom stereocenters. The fraction of sp³-hybridized carbons (Fsp3) is 0.158. The van der Waals surface area contributed by atoms with Crippen molar-refractivity contribution in [3.8, 4) is 11.5 Å². The van der Waals surface area contributed by atoms with Gasteiger partial charge in [-0.3, -0.25) is 9.20 Å². The van der Waals surface area contributed by atoms with Gasteiger partial charge in [0.05, 0.1) is 24.9 Å². The second-order valence-electron chi connectivity index (χ2n) is 5.45. The third-order valence-corrected chi connectivity index (χ3v) is 4.13. The molecule has 3 rings (SSSR count). The second-order valence-corrected chi connectivity index (χ2v) is 5.85. The van der Waals surface area contributed by atoms with Gasteiger partial charge in [0.25, 0.3) is 5.56 Å². The number of rotatable bonds is 4. The van der Waals surface area contributed by atoms with Gasteiger partial charge < -0.3 is 9.47 Å². The number of hydrogen-bond acceptors (Lipinski definition) is 4. The van der Waals surface area contributed by atoms with E-state index >= 15 is 0 Å². The van der Waals surface area contributed by atoms with Crippen LogP contribution in [0.15, 0.2) is 47.3 Å². The highest BCUT2D eigenvalue weighted by molar-refractivity contribution is 6.51. The standard InChI is InChI=1S/C19H17ClN2O3/c1-12-5-4-6-18-21-15(11-19(23)22(12)18)14(20)9-13-7-8-16(24-2)17(10-13)25-3/h4-11H,1-3H3/b14-9-. The van der Waals surface area contributed by atoms with Crippen LogP contribution in [-0.4, -0.2) is 23.6 Å². The lowest BCUT2D eigenvalue weighted by atomic mass is 10.1. The van der Waals surface area contributed by atoms with Crippen molar-refractivity contribution in [1.29, 1.82) is 0 Å². The number of nitrogens with zero attached hydrogens (tertiary/aromatic N) is 2. The average Bonchev–Trinajstić information content (AvgIpc) is 2.61. The molecule has 6 heteroatoms. The minimum Gasteiger partial charge on any atom is -0.493 e. The van der Waals surface area contributed by atoms with Gasteiger partial charge >= 0.3 is 0 Å². The van der Waals surface area contributed by atoms with E-state index in [1.165, 1.54) is 6.07 Å². The number of methoxy groups -OCH3 is 2. The van der Waals surface area contributed by atoms with Crippen molar-refractivity contribution in [3.63, 3.8) is 0 Å². The molecule has 0 saturated heterocycles. The van der Waals surface area contributed by atoms with E-state index in [4.69, 9.17) is 21.1 Å². The maximum atomic E-state index is 12.4. The number of pyridine rings is 1. The lowest BCUT2D eigenvalue weighted by Crippen LogP contribution is -2.16. The Kier molecular flexibility index (Phi) is 4.76. The first-order valence-corrected chi connectivity index (χ1v) is 8.00. The molecule has 0 aliphatic heterocycles. The summed E-state index contributed by atoms with van der Waals surface area (Å²) in [6.07, 6.45) is 1.73. The molecule has 0 fully saturated rings. The molecule has 0 aliphatic carbocycles. The molecular formula is C19H17ClN2O3. The highest BCUT2D eigenvalue weighted by Crippen LogP contribution is 2.29. The highest BCUT2D eigenvalue weighted by Gasteiger charge is 2.08. The summed E-state index contributed by atoms with van der Waals surface area (Å²) in [6.45, 7) is 1.86. The molecule has 0 unspecified atom stereocenters. The van der Waals surface area contributed by atoms with Gasteiger partial charge in [-0.05, 0) is 42.8 Å². The Balaban J connectivity index is 2.06. The van der Waals surface area contributed by atoms with Crippen molar-refractivity contribution < 1.29 is 9.47 Å². The number of fused-ring (bicyclic) bond motifs is 1. The lowest BCUT2D eigenvalue weighted by molar-refractivity contribution is 0.355. The largest absolute Gasteiger partial charge is 0.493 e. The first-order valence-electron chi connectivity index (χ1n) is 7.62. The molecule has 5 nitrogen and oxygen atoms in total. The van der Waals surface area contributed by atoms with Gasteiger partial charge in [-0.25, -0.2) is 4.98 Å². The van der Waals surface area contributed by atoms with Crippen molar-refractivity contribution in [2.24, 2.45) is 0 Å². The number of hydrogen-bond donors (Lipinski definition) is 0. The predicted molar refractivity (Wildman–Crippen MR) is 99.5 cm³/mol. The zero-order valence-corrected chi connectivity index (χ0v) is 14.9. The molecule has 0 amide bonds. The summed E-state index contributed by atoms with van der Waals surface area (Å²) in [5.74, 6) is 1.23.